The van der Waals surface area contributed by atoms with Gasteiger partial charge in [0.1, 0.15) is 5.75 Å². The molecule has 0 fully saturated rings. The second-order valence-electron chi connectivity index (χ2n) is 7.16. The summed E-state index contributed by atoms with van der Waals surface area (Å²) in [5, 5.41) is 15.7. The van der Waals surface area contributed by atoms with Crippen molar-refractivity contribution in [2.45, 2.75) is 38.8 Å². The van der Waals surface area contributed by atoms with Crippen LogP contribution in [0, 0.1) is 0 Å². The molecule has 0 spiro atoms. The van der Waals surface area contributed by atoms with Gasteiger partial charge >= 0.3 is 6.03 Å². The summed E-state index contributed by atoms with van der Waals surface area (Å²) in [6, 6.07) is 13.6. The molecule has 2 aromatic rings. The Balaban J connectivity index is 1.40. The lowest BCUT2D eigenvalue weighted by atomic mass is 9.97. The average molecular weight is 354 g/mol. The first-order valence-corrected chi connectivity index (χ1v) is 9.00. The molecule has 1 aliphatic heterocycles. The van der Waals surface area contributed by atoms with Gasteiger partial charge in [-0.15, -0.1) is 0 Å². The molecule has 5 nitrogen and oxygen atoms in total. The summed E-state index contributed by atoms with van der Waals surface area (Å²) in [5.41, 5.74) is 3.45. The summed E-state index contributed by atoms with van der Waals surface area (Å²) in [4.78, 5) is 11.9. The van der Waals surface area contributed by atoms with E-state index in [1.165, 1.54) is 11.1 Å². The van der Waals surface area contributed by atoms with Crippen LogP contribution < -0.4 is 15.4 Å². The van der Waals surface area contributed by atoms with Crippen molar-refractivity contribution in [3.8, 4) is 5.75 Å². The number of carbonyl (C=O) groups is 1. The molecule has 3 rings (SSSR count). The Morgan fingerprint density at radius 2 is 1.85 bits per heavy atom. The summed E-state index contributed by atoms with van der Waals surface area (Å²) in [7, 11) is 0. The fourth-order valence-electron chi connectivity index (χ4n) is 2.99. The van der Waals surface area contributed by atoms with E-state index in [2.05, 4.69) is 16.7 Å². The Morgan fingerprint density at radius 1 is 1.12 bits per heavy atom. The van der Waals surface area contributed by atoms with Gasteiger partial charge in [0.15, 0.2) is 0 Å². The number of aliphatic hydroxyl groups is 1. The number of amides is 2. The van der Waals surface area contributed by atoms with Crippen molar-refractivity contribution in [1.82, 2.24) is 10.6 Å². The number of hydrogen-bond acceptors (Lipinski definition) is 3. The average Bonchev–Trinajstić information content (AvgIpc) is 3.07. The number of rotatable bonds is 6. The van der Waals surface area contributed by atoms with Gasteiger partial charge in [0.2, 0.25) is 0 Å². The highest BCUT2D eigenvalue weighted by atomic mass is 16.5. The first kappa shape index (κ1) is 18.3. The van der Waals surface area contributed by atoms with Crippen LogP contribution in [-0.2, 0) is 25.0 Å². The van der Waals surface area contributed by atoms with Crippen molar-refractivity contribution in [3.05, 3.63) is 64.7 Å². The van der Waals surface area contributed by atoms with Gasteiger partial charge < -0.3 is 20.5 Å². The summed E-state index contributed by atoms with van der Waals surface area (Å²) < 4.78 is 5.50. The summed E-state index contributed by atoms with van der Waals surface area (Å²) in [5.74, 6) is 0.982. The zero-order chi connectivity index (χ0) is 18.6. The van der Waals surface area contributed by atoms with E-state index in [0.29, 0.717) is 13.1 Å². The van der Waals surface area contributed by atoms with Gasteiger partial charge in [-0.25, -0.2) is 4.79 Å². The van der Waals surface area contributed by atoms with Crippen LogP contribution in [0.2, 0.25) is 0 Å². The van der Waals surface area contributed by atoms with E-state index in [1.54, 1.807) is 13.8 Å². The van der Waals surface area contributed by atoms with Gasteiger partial charge in [0.25, 0.3) is 0 Å². The van der Waals surface area contributed by atoms with E-state index in [-0.39, 0.29) is 6.03 Å². The van der Waals surface area contributed by atoms with Crippen LogP contribution in [-0.4, -0.2) is 24.3 Å². The Labute approximate surface area is 154 Å². The van der Waals surface area contributed by atoms with Crippen molar-refractivity contribution < 1.29 is 14.6 Å². The minimum atomic E-state index is -0.854. The molecular formula is C21H26N2O3. The molecule has 0 bridgehead atoms. The lowest BCUT2D eigenvalue weighted by molar-refractivity contribution is 0.0786. The fraction of sp³-hybridized carbons (Fsp3) is 0.381. The molecule has 0 saturated carbocycles. The molecule has 1 aliphatic rings. The van der Waals surface area contributed by atoms with Crippen LogP contribution in [0.5, 0.6) is 5.75 Å². The number of benzene rings is 2. The zero-order valence-electron chi connectivity index (χ0n) is 15.3. The van der Waals surface area contributed by atoms with Crippen LogP contribution in [0.4, 0.5) is 4.79 Å². The molecule has 1 heterocycles. The monoisotopic (exact) mass is 354 g/mol. The number of fused-ring (bicyclic) bond motifs is 1. The largest absolute Gasteiger partial charge is 0.493 e. The fourth-order valence-corrected chi connectivity index (χ4v) is 2.99. The van der Waals surface area contributed by atoms with E-state index < -0.39 is 5.60 Å². The third-order valence-corrected chi connectivity index (χ3v) is 4.57. The molecular weight excluding hydrogens is 328 g/mol. The van der Waals surface area contributed by atoms with Crippen LogP contribution in [0.1, 0.15) is 36.1 Å². The molecule has 5 heteroatoms. The Morgan fingerprint density at radius 3 is 2.58 bits per heavy atom. The minimum absolute atomic E-state index is 0.180. The molecule has 0 unspecified atom stereocenters. The molecule has 0 aromatic heterocycles. The van der Waals surface area contributed by atoms with Crippen LogP contribution >= 0.6 is 0 Å². The highest BCUT2D eigenvalue weighted by Crippen LogP contribution is 2.25. The normalized spacial score (nSPS) is 13.0. The van der Waals surface area contributed by atoms with Crippen molar-refractivity contribution >= 4 is 6.03 Å². The van der Waals surface area contributed by atoms with E-state index >= 15 is 0 Å². The number of ether oxygens (including phenoxy) is 1. The summed E-state index contributed by atoms with van der Waals surface area (Å²) in [6.45, 7) is 5.30. The Hall–Kier alpha value is -2.53. The van der Waals surface area contributed by atoms with Crippen LogP contribution in [0.3, 0.4) is 0 Å². The first-order chi connectivity index (χ1) is 12.4. The maximum absolute atomic E-state index is 11.9. The van der Waals surface area contributed by atoms with Crippen molar-refractivity contribution in [1.29, 1.82) is 0 Å². The molecule has 0 aliphatic carbocycles. The summed E-state index contributed by atoms with van der Waals surface area (Å²) >= 11 is 0. The third-order valence-electron chi connectivity index (χ3n) is 4.57. The standard InChI is InChI=1S/C21H26N2O3/c1-21(2,25)18-6-3-16(4-7-18)14-23-20(24)22-11-9-15-5-8-19-17(13-15)10-12-26-19/h3-8,13,25H,9-12,14H2,1-2H3,(H2,22,23,24). The van der Waals surface area contributed by atoms with E-state index in [1.807, 2.05) is 36.4 Å². The van der Waals surface area contributed by atoms with Gasteiger partial charge in [-0.3, -0.25) is 0 Å². The molecule has 2 aromatic carbocycles. The number of urea groups is 1. The highest BCUT2D eigenvalue weighted by Gasteiger charge is 2.15. The van der Waals surface area contributed by atoms with Gasteiger partial charge in [-0.1, -0.05) is 36.4 Å². The second kappa shape index (κ2) is 7.79. The van der Waals surface area contributed by atoms with Gasteiger partial charge in [-0.05, 0) is 48.6 Å². The highest BCUT2D eigenvalue weighted by molar-refractivity contribution is 5.73. The molecule has 0 atom stereocenters. The summed E-state index contributed by atoms with van der Waals surface area (Å²) in [6.07, 6.45) is 1.75. The number of hydrogen-bond donors (Lipinski definition) is 3. The predicted octanol–water partition coefficient (Wildman–Crippen LogP) is 2.89. The quantitative estimate of drug-likeness (QED) is 0.747. The molecule has 2 amide bonds. The maximum atomic E-state index is 11.9. The molecule has 3 N–H and O–H groups in total. The van der Waals surface area contributed by atoms with Crippen molar-refractivity contribution in [2.24, 2.45) is 0 Å². The van der Waals surface area contributed by atoms with Gasteiger partial charge in [0, 0.05) is 19.5 Å². The number of nitrogens with one attached hydrogen (secondary N) is 2. The van der Waals surface area contributed by atoms with Crippen molar-refractivity contribution in [2.75, 3.05) is 13.2 Å². The minimum Gasteiger partial charge on any atom is -0.493 e. The molecule has 26 heavy (non-hydrogen) atoms. The van der Waals surface area contributed by atoms with E-state index in [9.17, 15) is 9.90 Å². The lowest BCUT2D eigenvalue weighted by Gasteiger charge is -2.18. The molecule has 0 radical (unpaired) electrons. The number of carbonyl (C=O) groups excluding carboxylic acids is 1. The molecule has 0 saturated heterocycles. The lowest BCUT2D eigenvalue weighted by Crippen LogP contribution is -2.36. The topological polar surface area (TPSA) is 70.6 Å². The first-order valence-electron chi connectivity index (χ1n) is 9.00. The predicted molar refractivity (Wildman–Crippen MR) is 101 cm³/mol. The molecule has 138 valence electrons. The van der Waals surface area contributed by atoms with Gasteiger partial charge in [0.05, 0.1) is 12.2 Å². The van der Waals surface area contributed by atoms with E-state index in [0.717, 1.165) is 36.3 Å². The van der Waals surface area contributed by atoms with Crippen LogP contribution in [0.15, 0.2) is 42.5 Å². The smallest absolute Gasteiger partial charge is 0.315 e. The second-order valence-corrected chi connectivity index (χ2v) is 7.16. The maximum Gasteiger partial charge on any atom is 0.315 e. The Kier molecular flexibility index (Phi) is 5.47. The van der Waals surface area contributed by atoms with E-state index in [4.69, 9.17) is 4.74 Å². The van der Waals surface area contributed by atoms with Gasteiger partial charge in [-0.2, -0.15) is 0 Å². The third kappa shape index (κ3) is 4.76. The Bertz CT molecular complexity index is 764. The van der Waals surface area contributed by atoms with Crippen molar-refractivity contribution in [3.63, 3.8) is 0 Å². The zero-order valence-corrected chi connectivity index (χ0v) is 15.3. The SMILES string of the molecule is CC(C)(O)c1ccc(CNC(=O)NCCc2ccc3c(c2)CCO3)cc1. The van der Waals surface area contributed by atoms with Crippen LogP contribution in [0.25, 0.3) is 0 Å².